The number of hydrogen-bond acceptors (Lipinski definition) is 3. The lowest BCUT2D eigenvalue weighted by Gasteiger charge is -2.13. The predicted molar refractivity (Wildman–Crippen MR) is 62.2 cm³/mol. The van der Waals surface area contributed by atoms with Gasteiger partial charge in [-0.1, -0.05) is 6.92 Å². The van der Waals surface area contributed by atoms with Crippen molar-refractivity contribution in [3.8, 4) is 0 Å². The molecule has 0 aliphatic heterocycles. The summed E-state index contributed by atoms with van der Waals surface area (Å²) in [7, 11) is 0. The average Bonchev–Trinajstić information content (AvgIpc) is 2.76. The average molecular weight is 275 g/mol. The van der Waals surface area contributed by atoms with E-state index in [1.54, 1.807) is 0 Å². The van der Waals surface area contributed by atoms with Crippen LogP contribution in [0.4, 0.5) is 8.78 Å². The van der Waals surface area contributed by atoms with Crippen molar-refractivity contribution in [2.75, 3.05) is 0 Å². The molecular formula is C12H15F2NO4. The molecule has 0 fully saturated rings. The number of carbonyl (C=O) groups excluding carboxylic acids is 1. The lowest BCUT2D eigenvalue weighted by atomic mass is 10.1. The second kappa shape index (κ2) is 6.86. The predicted octanol–water partition coefficient (Wildman–Crippen LogP) is 2.07. The third-order valence-electron chi connectivity index (χ3n) is 2.48. The van der Waals surface area contributed by atoms with Crippen LogP contribution in [-0.4, -0.2) is 29.5 Å². The first-order chi connectivity index (χ1) is 8.95. The molecule has 106 valence electrons. The fourth-order valence-corrected chi connectivity index (χ4v) is 1.60. The van der Waals surface area contributed by atoms with E-state index < -0.39 is 30.8 Å². The lowest BCUT2D eigenvalue weighted by Crippen LogP contribution is -2.42. The normalized spacial score (nSPS) is 12.4. The van der Waals surface area contributed by atoms with Crippen LogP contribution < -0.4 is 5.32 Å². The van der Waals surface area contributed by atoms with E-state index in [1.807, 2.05) is 6.92 Å². The third-order valence-corrected chi connectivity index (χ3v) is 2.48. The van der Waals surface area contributed by atoms with E-state index in [4.69, 9.17) is 9.52 Å². The Balaban J connectivity index is 2.76. The molecule has 1 amide bonds. The zero-order valence-corrected chi connectivity index (χ0v) is 10.4. The summed E-state index contributed by atoms with van der Waals surface area (Å²) in [4.78, 5) is 22.6. The van der Waals surface area contributed by atoms with Crippen molar-refractivity contribution in [2.45, 2.75) is 38.7 Å². The molecule has 5 nitrogen and oxygen atoms in total. The molecule has 0 aromatic carbocycles. The summed E-state index contributed by atoms with van der Waals surface area (Å²) in [5.41, 5.74) is 0.183. The van der Waals surface area contributed by atoms with Gasteiger partial charge in [0.1, 0.15) is 11.8 Å². The molecule has 0 saturated carbocycles. The summed E-state index contributed by atoms with van der Waals surface area (Å²) in [5.74, 6) is -1.79. The highest BCUT2D eigenvalue weighted by Gasteiger charge is 2.26. The molecule has 19 heavy (non-hydrogen) atoms. The fraction of sp³-hybridized carbons (Fsp3) is 0.500. The van der Waals surface area contributed by atoms with Crippen LogP contribution >= 0.6 is 0 Å². The summed E-state index contributed by atoms with van der Waals surface area (Å²) in [6.07, 6.45) is -1.17. The number of aliphatic carboxylic acids is 1. The topological polar surface area (TPSA) is 79.5 Å². The minimum atomic E-state index is -2.80. The number of aryl methyl sites for hydroxylation is 1. The van der Waals surface area contributed by atoms with Crippen LogP contribution in [0.1, 0.15) is 35.9 Å². The molecule has 0 bridgehead atoms. The number of nitrogens with one attached hydrogen (secondary N) is 1. The molecule has 1 atom stereocenters. The Morgan fingerprint density at radius 1 is 1.47 bits per heavy atom. The van der Waals surface area contributed by atoms with Gasteiger partial charge in [-0.2, -0.15) is 0 Å². The van der Waals surface area contributed by atoms with Crippen LogP contribution in [0, 0.1) is 0 Å². The largest absolute Gasteiger partial charge is 0.480 e. The lowest BCUT2D eigenvalue weighted by molar-refractivity contribution is -0.140. The number of furan rings is 1. The van der Waals surface area contributed by atoms with Crippen LogP contribution in [0.25, 0.3) is 0 Å². The van der Waals surface area contributed by atoms with Crippen LogP contribution in [-0.2, 0) is 11.2 Å². The molecule has 1 rings (SSSR count). The van der Waals surface area contributed by atoms with Crippen molar-refractivity contribution in [1.82, 2.24) is 5.32 Å². The molecule has 2 N–H and O–H groups in total. The monoisotopic (exact) mass is 275 g/mol. The SMILES string of the molecule is CCCc1occc1C(=O)NC(CC(F)F)C(=O)O. The summed E-state index contributed by atoms with van der Waals surface area (Å²) in [6, 6.07) is -0.224. The molecule has 0 saturated heterocycles. The number of rotatable bonds is 7. The molecular weight excluding hydrogens is 260 g/mol. The van der Waals surface area contributed by atoms with E-state index in [0.29, 0.717) is 12.2 Å². The second-order valence-electron chi connectivity index (χ2n) is 4.00. The molecule has 0 radical (unpaired) electrons. The summed E-state index contributed by atoms with van der Waals surface area (Å²) in [5, 5.41) is 10.8. The van der Waals surface area contributed by atoms with E-state index >= 15 is 0 Å². The summed E-state index contributed by atoms with van der Waals surface area (Å²) in [6.45, 7) is 1.89. The Kier molecular flexibility index (Phi) is 5.47. The van der Waals surface area contributed by atoms with Crippen LogP contribution in [0.5, 0.6) is 0 Å². The number of halogens is 2. The number of hydrogen-bond donors (Lipinski definition) is 2. The van der Waals surface area contributed by atoms with E-state index in [0.717, 1.165) is 6.42 Å². The maximum absolute atomic E-state index is 12.2. The summed E-state index contributed by atoms with van der Waals surface area (Å²) >= 11 is 0. The maximum atomic E-state index is 12.2. The first-order valence-electron chi connectivity index (χ1n) is 5.83. The van der Waals surface area contributed by atoms with E-state index in [2.05, 4.69) is 5.32 Å². The Bertz CT molecular complexity index is 445. The van der Waals surface area contributed by atoms with Crippen LogP contribution in [0.2, 0.25) is 0 Å². The molecule has 0 aliphatic rings. The highest BCUT2D eigenvalue weighted by Crippen LogP contribution is 2.14. The van der Waals surface area contributed by atoms with Gasteiger partial charge in [0.05, 0.1) is 11.8 Å². The maximum Gasteiger partial charge on any atom is 0.326 e. The van der Waals surface area contributed by atoms with Gasteiger partial charge in [0, 0.05) is 12.8 Å². The van der Waals surface area contributed by atoms with Gasteiger partial charge in [-0.3, -0.25) is 4.79 Å². The first kappa shape index (κ1) is 15.1. The molecule has 7 heteroatoms. The minimum Gasteiger partial charge on any atom is -0.480 e. The van der Waals surface area contributed by atoms with Crippen molar-refractivity contribution in [3.63, 3.8) is 0 Å². The summed E-state index contributed by atoms with van der Waals surface area (Å²) < 4.78 is 29.5. The van der Waals surface area contributed by atoms with Gasteiger partial charge < -0.3 is 14.8 Å². The highest BCUT2D eigenvalue weighted by molar-refractivity contribution is 5.97. The third kappa shape index (κ3) is 4.35. The van der Waals surface area contributed by atoms with Crippen molar-refractivity contribution < 1.29 is 27.9 Å². The standard InChI is InChI=1S/C12H15F2NO4/c1-2-3-9-7(4-5-19-9)11(16)15-8(12(17)18)6-10(13)14/h4-5,8,10H,2-3,6H2,1H3,(H,15,16)(H,17,18). The fourth-order valence-electron chi connectivity index (χ4n) is 1.60. The Hall–Kier alpha value is -1.92. The molecule has 1 aromatic heterocycles. The van der Waals surface area contributed by atoms with Crippen molar-refractivity contribution in [2.24, 2.45) is 0 Å². The van der Waals surface area contributed by atoms with Gasteiger partial charge in [0.15, 0.2) is 0 Å². The first-order valence-corrected chi connectivity index (χ1v) is 5.83. The number of carbonyl (C=O) groups is 2. The Labute approximate surface area is 108 Å². The molecule has 1 aromatic rings. The highest BCUT2D eigenvalue weighted by atomic mass is 19.3. The Morgan fingerprint density at radius 2 is 2.16 bits per heavy atom. The van der Waals surface area contributed by atoms with Gasteiger partial charge in [-0.25, -0.2) is 13.6 Å². The smallest absolute Gasteiger partial charge is 0.326 e. The molecule has 0 aliphatic carbocycles. The van der Waals surface area contributed by atoms with Gasteiger partial charge in [0.25, 0.3) is 5.91 Å². The van der Waals surface area contributed by atoms with Crippen molar-refractivity contribution >= 4 is 11.9 Å². The number of amides is 1. The van der Waals surface area contributed by atoms with Crippen molar-refractivity contribution in [3.05, 3.63) is 23.7 Å². The number of carboxylic acids is 1. The zero-order chi connectivity index (χ0) is 14.4. The number of carboxylic acid groups (broad SMARTS) is 1. The molecule has 0 spiro atoms. The second-order valence-corrected chi connectivity index (χ2v) is 4.00. The van der Waals surface area contributed by atoms with Gasteiger partial charge in [0.2, 0.25) is 6.43 Å². The minimum absolute atomic E-state index is 0.183. The number of alkyl halides is 2. The van der Waals surface area contributed by atoms with Crippen LogP contribution in [0.3, 0.4) is 0 Å². The van der Waals surface area contributed by atoms with Crippen LogP contribution in [0.15, 0.2) is 16.7 Å². The van der Waals surface area contributed by atoms with E-state index in [1.165, 1.54) is 12.3 Å². The zero-order valence-electron chi connectivity index (χ0n) is 10.4. The van der Waals surface area contributed by atoms with E-state index in [-0.39, 0.29) is 5.56 Å². The quantitative estimate of drug-likeness (QED) is 0.798. The van der Waals surface area contributed by atoms with E-state index in [9.17, 15) is 18.4 Å². The molecule has 1 heterocycles. The Morgan fingerprint density at radius 3 is 2.68 bits per heavy atom. The van der Waals surface area contributed by atoms with Gasteiger partial charge in [-0.05, 0) is 12.5 Å². The van der Waals surface area contributed by atoms with Gasteiger partial charge in [-0.15, -0.1) is 0 Å². The van der Waals surface area contributed by atoms with Gasteiger partial charge >= 0.3 is 5.97 Å². The van der Waals surface area contributed by atoms with Crippen molar-refractivity contribution in [1.29, 1.82) is 0 Å². The molecule has 1 unspecified atom stereocenters.